The first-order valence-corrected chi connectivity index (χ1v) is 5.56. The van der Waals surface area contributed by atoms with E-state index in [-0.39, 0.29) is 0 Å². The molecular formula is C12H14ClN3. The molecule has 16 heavy (non-hydrogen) atoms. The van der Waals surface area contributed by atoms with E-state index in [9.17, 15) is 0 Å². The van der Waals surface area contributed by atoms with Gasteiger partial charge < -0.3 is 5.73 Å². The molecule has 1 aromatic heterocycles. The highest BCUT2D eigenvalue weighted by molar-refractivity contribution is 6.32. The summed E-state index contributed by atoms with van der Waals surface area (Å²) < 4.78 is 1.77. The lowest BCUT2D eigenvalue weighted by Crippen LogP contribution is -1.98. The van der Waals surface area contributed by atoms with E-state index in [1.165, 1.54) is 0 Å². The van der Waals surface area contributed by atoms with Gasteiger partial charge in [-0.25, -0.2) is 4.68 Å². The molecule has 0 aliphatic carbocycles. The SMILES string of the molecule is CC(C)c1ccn(-c2ccc(N)cc2Cl)n1. The van der Waals surface area contributed by atoms with Crippen molar-refractivity contribution in [3.05, 3.63) is 41.2 Å². The summed E-state index contributed by atoms with van der Waals surface area (Å²) in [4.78, 5) is 0. The monoisotopic (exact) mass is 235 g/mol. The van der Waals surface area contributed by atoms with Crippen LogP contribution < -0.4 is 5.73 Å². The van der Waals surface area contributed by atoms with Crippen LogP contribution in [0.15, 0.2) is 30.5 Å². The second-order valence-corrected chi connectivity index (χ2v) is 4.46. The summed E-state index contributed by atoms with van der Waals surface area (Å²) in [6, 6.07) is 7.41. The van der Waals surface area contributed by atoms with Crippen LogP contribution in [0, 0.1) is 0 Å². The van der Waals surface area contributed by atoms with E-state index in [1.54, 1.807) is 10.7 Å². The molecule has 0 amide bonds. The van der Waals surface area contributed by atoms with Crippen molar-refractivity contribution in [2.45, 2.75) is 19.8 Å². The fourth-order valence-electron chi connectivity index (χ4n) is 1.49. The van der Waals surface area contributed by atoms with Crippen molar-refractivity contribution in [3.63, 3.8) is 0 Å². The largest absolute Gasteiger partial charge is 0.399 e. The molecule has 2 N–H and O–H groups in total. The highest BCUT2D eigenvalue weighted by Gasteiger charge is 2.07. The first-order valence-electron chi connectivity index (χ1n) is 5.19. The van der Waals surface area contributed by atoms with Crippen molar-refractivity contribution in [3.8, 4) is 5.69 Å². The van der Waals surface area contributed by atoms with Gasteiger partial charge in [0, 0.05) is 11.9 Å². The summed E-state index contributed by atoms with van der Waals surface area (Å²) in [5.41, 5.74) is 8.20. The minimum atomic E-state index is 0.411. The molecule has 2 rings (SSSR count). The van der Waals surface area contributed by atoms with Gasteiger partial charge in [-0.2, -0.15) is 5.10 Å². The summed E-state index contributed by atoms with van der Waals surface area (Å²) in [6.45, 7) is 4.22. The number of rotatable bonds is 2. The third kappa shape index (κ3) is 2.04. The molecule has 0 aliphatic rings. The van der Waals surface area contributed by atoms with Gasteiger partial charge in [0.1, 0.15) is 0 Å². The molecule has 0 unspecified atom stereocenters. The Labute approximate surface area is 99.8 Å². The van der Waals surface area contributed by atoms with E-state index in [1.807, 2.05) is 24.4 Å². The number of halogens is 1. The second-order valence-electron chi connectivity index (χ2n) is 4.05. The Morgan fingerprint density at radius 2 is 2.06 bits per heavy atom. The summed E-state index contributed by atoms with van der Waals surface area (Å²) in [5, 5.41) is 5.07. The predicted octanol–water partition coefficient (Wildman–Crippen LogP) is 3.23. The minimum Gasteiger partial charge on any atom is -0.399 e. The van der Waals surface area contributed by atoms with Crippen LogP contribution in [-0.4, -0.2) is 9.78 Å². The van der Waals surface area contributed by atoms with Crippen molar-refractivity contribution in [1.29, 1.82) is 0 Å². The molecule has 0 aliphatic heterocycles. The van der Waals surface area contributed by atoms with Crippen LogP contribution in [-0.2, 0) is 0 Å². The van der Waals surface area contributed by atoms with E-state index < -0.39 is 0 Å². The fourth-order valence-corrected chi connectivity index (χ4v) is 1.76. The first-order chi connectivity index (χ1) is 7.58. The average molecular weight is 236 g/mol. The lowest BCUT2D eigenvalue weighted by atomic mass is 10.1. The maximum atomic E-state index is 6.11. The third-order valence-electron chi connectivity index (χ3n) is 2.42. The topological polar surface area (TPSA) is 43.8 Å². The van der Waals surface area contributed by atoms with Crippen LogP contribution >= 0.6 is 11.6 Å². The van der Waals surface area contributed by atoms with Crippen LogP contribution in [0.25, 0.3) is 5.69 Å². The number of anilines is 1. The van der Waals surface area contributed by atoms with Gasteiger partial charge >= 0.3 is 0 Å². The fraction of sp³-hybridized carbons (Fsp3) is 0.250. The van der Waals surface area contributed by atoms with Crippen molar-refractivity contribution < 1.29 is 0 Å². The molecule has 4 heteroatoms. The molecule has 1 aromatic carbocycles. The van der Waals surface area contributed by atoms with Gasteiger partial charge in [0.15, 0.2) is 0 Å². The van der Waals surface area contributed by atoms with E-state index in [0.29, 0.717) is 16.6 Å². The van der Waals surface area contributed by atoms with Crippen molar-refractivity contribution in [1.82, 2.24) is 9.78 Å². The molecule has 0 spiro atoms. The maximum Gasteiger partial charge on any atom is 0.0833 e. The number of nitrogens with two attached hydrogens (primary N) is 1. The van der Waals surface area contributed by atoms with Crippen LogP contribution in [0.5, 0.6) is 0 Å². The molecule has 84 valence electrons. The van der Waals surface area contributed by atoms with Gasteiger partial charge in [-0.15, -0.1) is 0 Å². The molecule has 0 fully saturated rings. The zero-order valence-electron chi connectivity index (χ0n) is 9.31. The molecule has 0 saturated heterocycles. The van der Waals surface area contributed by atoms with Crippen LogP contribution in [0.1, 0.15) is 25.5 Å². The number of aromatic nitrogens is 2. The van der Waals surface area contributed by atoms with Crippen LogP contribution in [0.4, 0.5) is 5.69 Å². The number of nitrogen functional groups attached to an aromatic ring is 1. The molecular weight excluding hydrogens is 222 g/mol. The van der Waals surface area contributed by atoms with Crippen LogP contribution in [0.2, 0.25) is 5.02 Å². The lowest BCUT2D eigenvalue weighted by Gasteiger charge is -2.05. The smallest absolute Gasteiger partial charge is 0.0833 e. The van der Waals surface area contributed by atoms with Crippen molar-refractivity contribution >= 4 is 17.3 Å². The number of hydrogen-bond donors (Lipinski definition) is 1. The molecule has 3 nitrogen and oxygen atoms in total. The highest BCUT2D eigenvalue weighted by atomic mass is 35.5. The van der Waals surface area contributed by atoms with E-state index in [4.69, 9.17) is 17.3 Å². The first kappa shape index (κ1) is 11.0. The number of hydrogen-bond acceptors (Lipinski definition) is 2. The standard InChI is InChI=1S/C12H14ClN3/c1-8(2)11-5-6-16(15-11)12-4-3-9(14)7-10(12)13/h3-8H,14H2,1-2H3. The van der Waals surface area contributed by atoms with Crippen molar-refractivity contribution in [2.24, 2.45) is 0 Å². The Morgan fingerprint density at radius 1 is 1.31 bits per heavy atom. The van der Waals surface area contributed by atoms with E-state index >= 15 is 0 Å². The van der Waals surface area contributed by atoms with Gasteiger partial charge in [-0.05, 0) is 30.2 Å². The Kier molecular flexibility index (Phi) is 2.88. The summed E-state index contributed by atoms with van der Waals surface area (Å²) in [7, 11) is 0. The zero-order chi connectivity index (χ0) is 11.7. The zero-order valence-corrected chi connectivity index (χ0v) is 10.1. The Hall–Kier alpha value is -1.48. The second kappa shape index (κ2) is 4.18. The number of benzene rings is 1. The molecule has 0 saturated carbocycles. The Morgan fingerprint density at radius 3 is 2.62 bits per heavy atom. The minimum absolute atomic E-state index is 0.411. The number of nitrogens with zero attached hydrogens (tertiary/aromatic N) is 2. The van der Waals surface area contributed by atoms with E-state index in [2.05, 4.69) is 18.9 Å². The predicted molar refractivity (Wildman–Crippen MR) is 67.1 cm³/mol. The normalized spacial score (nSPS) is 11.0. The average Bonchev–Trinajstić information content (AvgIpc) is 2.66. The molecule has 0 bridgehead atoms. The highest BCUT2D eigenvalue weighted by Crippen LogP contribution is 2.23. The van der Waals surface area contributed by atoms with Gasteiger partial charge in [-0.1, -0.05) is 25.4 Å². The molecule has 0 atom stereocenters. The van der Waals surface area contributed by atoms with Crippen molar-refractivity contribution in [2.75, 3.05) is 5.73 Å². The van der Waals surface area contributed by atoms with Gasteiger partial charge in [0.05, 0.1) is 16.4 Å². The lowest BCUT2D eigenvalue weighted by molar-refractivity contribution is 0.768. The summed E-state index contributed by atoms with van der Waals surface area (Å²) >= 11 is 6.11. The van der Waals surface area contributed by atoms with E-state index in [0.717, 1.165) is 11.4 Å². The van der Waals surface area contributed by atoms with Gasteiger partial charge in [0.25, 0.3) is 0 Å². The van der Waals surface area contributed by atoms with Gasteiger partial charge in [-0.3, -0.25) is 0 Å². The van der Waals surface area contributed by atoms with Gasteiger partial charge in [0.2, 0.25) is 0 Å². The third-order valence-corrected chi connectivity index (χ3v) is 2.72. The quantitative estimate of drug-likeness (QED) is 0.813. The maximum absolute atomic E-state index is 6.11. The Balaban J connectivity index is 2.42. The molecule has 2 aromatic rings. The molecule has 1 heterocycles. The Bertz CT molecular complexity index is 503. The molecule has 0 radical (unpaired) electrons. The summed E-state index contributed by atoms with van der Waals surface area (Å²) in [6.07, 6.45) is 1.91. The van der Waals surface area contributed by atoms with Crippen LogP contribution in [0.3, 0.4) is 0 Å². The summed E-state index contributed by atoms with van der Waals surface area (Å²) in [5.74, 6) is 0.411.